The molecule has 1 aromatic carbocycles. The summed E-state index contributed by atoms with van der Waals surface area (Å²) in [5.41, 5.74) is 7.23. The van der Waals surface area contributed by atoms with Crippen LogP contribution in [0, 0.1) is 5.82 Å². The van der Waals surface area contributed by atoms with Crippen LogP contribution < -0.4 is 5.73 Å². The van der Waals surface area contributed by atoms with Crippen molar-refractivity contribution in [3.8, 4) is 0 Å². The van der Waals surface area contributed by atoms with Crippen molar-refractivity contribution >= 4 is 0 Å². The van der Waals surface area contributed by atoms with Gasteiger partial charge in [-0.1, -0.05) is 31.4 Å². The van der Waals surface area contributed by atoms with Gasteiger partial charge in [0.15, 0.2) is 0 Å². The standard InChI is InChI=1S/C15H23FN2/c16-14-8-6-13(7-9-14)15(17)12-18-10-4-2-1-3-5-11-18/h6-9,15H,1-5,10-12,17H2. The quantitative estimate of drug-likeness (QED) is 0.893. The molecule has 2 N–H and O–H groups in total. The lowest BCUT2D eigenvalue weighted by molar-refractivity contribution is 0.234. The topological polar surface area (TPSA) is 29.3 Å². The molecule has 18 heavy (non-hydrogen) atoms. The van der Waals surface area contributed by atoms with E-state index < -0.39 is 0 Å². The molecular weight excluding hydrogens is 227 g/mol. The molecule has 100 valence electrons. The van der Waals surface area contributed by atoms with Gasteiger partial charge in [-0.25, -0.2) is 4.39 Å². The van der Waals surface area contributed by atoms with Gasteiger partial charge in [0, 0.05) is 12.6 Å². The molecule has 0 saturated carbocycles. The lowest BCUT2D eigenvalue weighted by atomic mass is 10.0. The van der Waals surface area contributed by atoms with Crippen molar-refractivity contribution in [1.29, 1.82) is 0 Å². The molecule has 1 aliphatic heterocycles. The normalized spacial score (nSPS) is 20.1. The monoisotopic (exact) mass is 250 g/mol. The molecule has 3 heteroatoms. The highest BCUT2D eigenvalue weighted by Crippen LogP contribution is 2.16. The average molecular weight is 250 g/mol. The third-order valence-electron chi connectivity index (χ3n) is 3.70. The zero-order chi connectivity index (χ0) is 12.8. The maximum atomic E-state index is 12.9. The van der Waals surface area contributed by atoms with Crippen LogP contribution in [-0.4, -0.2) is 24.5 Å². The van der Waals surface area contributed by atoms with Gasteiger partial charge in [0.1, 0.15) is 5.82 Å². The third kappa shape index (κ3) is 4.07. The van der Waals surface area contributed by atoms with Crippen LogP contribution in [0.15, 0.2) is 24.3 Å². The van der Waals surface area contributed by atoms with Crippen molar-refractivity contribution < 1.29 is 4.39 Å². The van der Waals surface area contributed by atoms with Crippen molar-refractivity contribution in [2.24, 2.45) is 5.73 Å². The Morgan fingerprint density at radius 1 is 1.00 bits per heavy atom. The van der Waals surface area contributed by atoms with E-state index in [9.17, 15) is 4.39 Å². The molecule has 0 amide bonds. The number of hydrogen-bond donors (Lipinski definition) is 1. The number of likely N-dealkylation sites (tertiary alicyclic amines) is 1. The maximum absolute atomic E-state index is 12.9. The van der Waals surface area contributed by atoms with Crippen molar-refractivity contribution in [3.05, 3.63) is 35.6 Å². The van der Waals surface area contributed by atoms with Gasteiger partial charge < -0.3 is 10.6 Å². The fourth-order valence-electron chi connectivity index (χ4n) is 2.59. The zero-order valence-electron chi connectivity index (χ0n) is 10.9. The highest BCUT2D eigenvalue weighted by Gasteiger charge is 2.13. The Morgan fingerprint density at radius 2 is 1.56 bits per heavy atom. The van der Waals surface area contributed by atoms with E-state index in [-0.39, 0.29) is 11.9 Å². The Bertz CT molecular complexity index is 342. The first-order valence-corrected chi connectivity index (χ1v) is 6.99. The molecule has 1 heterocycles. The minimum absolute atomic E-state index is 0.00923. The predicted octanol–water partition coefficient (Wildman–Crippen LogP) is 3.09. The highest BCUT2D eigenvalue weighted by atomic mass is 19.1. The summed E-state index contributed by atoms with van der Waals surface area (Å²) >= 11 is 0. The van der Waals surface area contributed by atoms with E-state index in [1.807, 2.05) is 0 Å². The Labute approximate surface area is 109 Å². The summed E-state index contributed by atoms with van der Waals surface area (Å²) in [5, 5.41) is 0. The van der Waals surface area contributed by atoms with Gasteiger partial charge in [0.05, 0.1) is 0 Å². The average Bonchev–Trinajstić information content (AvgIpc) is 2.33. The summed E-state index contributed by atoms with van der Waals surface area (Å²) in [4.78, 5) is 2.45. The van der Waals surface area contributed by atoms with E-state index in [1.165, 1.54) is 44.2 Å². The van der Waals surface area contributed by atoms with Crippen LogP contribution >= 0.6 is 0 Å². The van der Waals surface area contributed by atoms with E-state index in [1.54, 1.807) is 12.1 Å². The van der Waals surface area contributed by atoms with Gasteiger partial charge >= 0.3 is 0 Å². The van der Waals surface area contributed by atoms with Crippen molar-refractivity contribution in [1.82, 2.24) is 4.90 Å². The van der Waals surface area contributed by atoms with Gasteiger partial charge in [-0.3, -0.25) is 0 Å². The number of hydrogen-bond acceptors (Lipinski definition) is 2. The van der Waals surface area contributed by atoms with Gasteiger partial charge in [-0.2, -0.15) is 0 Å². The van der Waals surface area contributed by atoms with E-state index in [0.29, 0.717) is 0 Å². The van der Waals surface area contributed by atoms with Crippen molar-refractivity contribution in [2.45, 2.75) is 38.1 Å². The minimum atomic E-state index is -0.197. The molecule has 0 radical (unpaired) electrons. The molecular formula is C15H23FN2. The lowest BCUT2D eigenvalue weighted by Crippen LogP contribution is -2.34. The predicted molar refractivity (Wildman–Crippen MR) is 72.9 cm³/mol. The first-order chi connectivity index (χ1) is 8.75. The molecule has 1 aromatic rings. The molecule has 0 aliphatic carbocycles. The number of rotatable bonds is 3. The second kappa shape index (κ2) is 6.86. The fraction of sp³-hybridized carbons (Fsp3) is 0.600. The van der Waals surface area contributed by atoms with Crippen LogP contribution in [0.4, 0.5) is 4.39 Å². The second-order valence-electron chi connectivity index (χ2n) is 5.23. The summed E-state index contributed by atoms with van der Waals surface area (Å²) in [6, 6.07) is 6.56. The lowest BCUT2D eigenvalue weighted by Gasteiger charge is -2.27. The van der Waals surface area contributed by atoms with Crippen LogP contribution in [0.25, 0.3) is 0 Å². The Morgan fingerprint density at radius 3 is 2.17 bits per heavy atom. The van der Waals surface area contributed by atoms with Gasteiger partial charge in [0.2, 0.25) is 0 Å². The number of halogens is 1. The van der Waals surface area contributed by atoms with Crippen molar-refractivity contribution in [2.75, 3.05) is 19.6 Å². The summed E-state index contributed by atoms with van der Waals surface area (Å²) in [6.07, 6.45) is 6.59. The number of nitrogens with two attached hydrogens (primary N) is 1. The van der Waals surface area contributed by atoms with Gasteiger partial charge in [-0.15, -0.1) is 0 Å². The van der Waals surface area contributed by atoms with E-state index >= 15 is 0 Å². The van der Waals surface area contributed by atoms with Crippen LogP contribution in [0.5, 0.6) is 0 Å². The SMILES string of the molecule is NC(CN1CCCCCCC1)c1ccc(F)cc1. The first kappa shape index (κ1) is 13.5. The first-order valence-electron chi connectivity index (χ1n) is 6.99. The molecule has 0 bridgehead atoms. The van der Waals surface area contributed by atoms with Gasteiger partial charge in [-0.05, 0) is 43.6 Å². The minimum Gasteiger partial charge on any atom is -0.323 e. The summed E-state index contributed by atoms with van der Waals surface area (Å²) in [5.74, 6) is -0.197. The number of nitrogens with zero attached hydrogens (tertiary/aromatic N) is 1. The summed E-state index contributed by atoms with van der Waals surface area (Å²) < 4.78 is 12.9. The Balaban J connectivity index is 1.88. The molecule has 1 atom stereocenters. The maximum Gasteiger partial charge on any atom is 0.123 e. The highest BCUT2D eigenvalue weighted by molar-refractivity contribution is 5.19. The largest absolute Gasteiger partial charge is 0.323 e. The van der Waals surface area contributed by atoms with Crippen LogP contribution in [0.3, 0.4) is 0 Å². The van der Waals surface area contributed by atoms with Gasteiger partial charge in [0.25, 0.3) is 0 Å². The third-order valence-corrected chi connectivity index (χ3v) is 3.70. The molecule has 1 unspecified atom stereocenters. The Kier molecular flexibility index (Phi) is 5.14. The van der Waals surface area contributed by atoms with Crippen LogP contribution in [0.1, 0.15) is 43.7 Å². The Hall–Kier alpha value is -0.930. The van der Waals surface area contributed by atoms with E-state index in [0.717, 1.165) is 25.2 Å². The zero-order valence-corrected chi connectivity index (χ0v) is 10.9. The molecule has 1 fully saturated rings. The van der Waals surface area contributed by atoms with Crippen molar-refractivity contribution in [3.63, 3.8) is 0 Å². The smallest absolute Gasteiger partial charge is 0.123 e. The van der Waals surface area contributed by atoms with E-state index in [2.05, 4.69) is 4.90 Å². The number of benzene rings is 1. The van der Waals surface area contributed by atoms with Crippen LogP contribution in [0.2, 0.25) is 0 Å². The molecule has 1 saturated heterocycles. The van der Waals surface area contributed by atoms with E-state index in [4.69, 9.17) is 5.73 Å². The summed E-state index contributed by atoms with van der Waals surface area (Å²) in [7, 11) is 0. The molecule has 0 aromatic heterocycles. The molecule has 2 nitrogen and oxygen atoms in total. The fourth-order valence-corrected chi connectivity index (χ4v) is 2.59. The molecule has 2 rings (SSSR count). The van der Waals surface area contributed by atoms with Crippen LogP contribution in [-0.2, 0) is 0 Å². The molecule has 1 aliphatic rings. The summed E-state index contributed by atoms with van der Waals surface area (Å²) in [6.45, 7) is 3.18. The molecule has 0 spiro atoms. The second-order valence-corrected chi connectivity index (χ2v) is 5.23.